The zero-order chi connectivity index (χ0) is 18.7. The number of ether oxygens (including phenoxy) is 1. The number of halogens is 1. The second kappa shape index (κ2) is 14.5. The molecule has 1 aliphatic heterocycles. The first-order valence-corrected chi connectivity index (χ1v) is 9.87. The van der Waals surface area contributed by atoms with Crippen molar-refractivity contribution in [2.45, 2.75) is 59.5 Å². The van der Waals surface area contributed by atoms with E-state index in [1.165, 1.54) is 0 Å². The predicted octanol–water partition coefficient (Wildman–Crippen LogP) is 2.87. The third kappa shape index (κ3) is 9.39. The van der Waals surface area contributed by atoms with E-state index in [4.69, 9.17) is 9.73 Å². The van der Waals surface area contributed by atoms with Crippen molar-refractivity contribution in [3.63, 3.8) is 0 Å². The topological polar surface area (TPSA) is 66.0 Å². The van der Waals surface area contributed by atoms with E-state index in [2.05, 4.69) is 36.3 Å². The number of aliphatic imine (C=N–C) groups is 1. The van der Waals surface area contributed by atoms with E-state index in [0.29, 0.717) is 18.3 Å². The summed E-state index contributed by atoms with van der Waals surface area (Å²) in [7, 11) is 1.71. The lowest BCUT2D eigenvalue weighted by atomic mass is 9.93. The molecule has 6 nitrogen and oxygen atoms in total. The van der Waals surface area contributed by atoms with Gasteiger partial charge < -0.3 is 20.3 Å². The molecule has 0 aromatic rings. The number of hydrogen-bond donors (Lipinski definition) is 2. The number of amides is 1. The molecule has 26 heavy (non-hydrogen) atoms. The number of hydrogen-bond acceptors (Lipinski definition) is 3. The van der Waals surface area contributed by atoms with Crippen LogP contribution in [0.25, 0.3) is 0 Å². The molecule has 1 saturated heterocycles. The van der Waals surface area contributed by atoms with E-state index in [1.54, 1.807) is 7.05 Å². The van der Waals surface area contributed by atoms with Gasteiger partial charge in [0.25, 0.3) is 0 Å². The molecular weight excluding hydrogens is 443 g/mol. The zero-order valence-corrected chi connectivity index (χ0v) is 19.5. The summed E-state index contributed by atoms with van der Waals surface area (Å²) in [6.45, 7) is 12.9. The number of nitrogens with one attached hydrogen (secondary N) is 2. The standard InChI is InChI=1S/C19H38N4O2.HI/c1-6-21-19(22-11-8-17(15(3)4)25-7-2)23-12-9-16(10-13-23)14-18(24)20-5;/h15-17H,6-14H2,1-5H3,(H,20,24)(H,21,22);1H. The summed E-state index contributed by atoms with van der Waals surface area (Å²) in [6, 6.07) is 0. The average molecular weight is 482 g/mol. The molecule has 0 radical (unpaired) electrons. The van der Waals surface area contributed by atoms with Gasteiger partial charge in [-0.25, -0.2) is 0 Å². The molecule has 1 unspecified atom stereocenters. The van der Waals surface area contributed by atoms with Gasteiger partial charge in [0.15, 0.2) is 5.96 Å². The van der Waals surface area contributed by atoms with Crippen LogP contribution in [-0.2, 0) is 9.53 Å². The highest BCUT2D eigenvalue weighted by Crippen LogP contribution is 2.20. The van der Waals surface area contributed by atoms with Gasteiger partial charge >= 0.3 is 0 Å². The number of likely N-dealkylation sites (tertiary alicyclic amines) is 1. The van der Waals surface area contributed by atoms with Crippen LogP contribution in [-0.4, -0.2) is 62.7 Å². The van der Waals surface area contributed by atoms with Gasteiger partial charge in [-0.15, -0.1) is 24.0 Å². The Labute approximate surface area is 176 Å². The summed E-state index contributed by atoms with van der Waals surface area (Å²) >= 11 is 0. The highest BCUT2D eigenvalue weighted by molar-refractivity contribution is 14.0. The van der Waals surface area contributed by atoms with Crippen LogP contribution in [0.3, 0.4) is 0 Å². The maximum Gasteiger partial charge on any atom is 0.220 e. The van der Waals surface area contributed by atoms with Crippen molar-refractivity contribution in [2.75, 3.05) is 39.8 Å². The van der Waals surface area contributed by atoms with Crippen molar-refractivity contribution in [3.8, 4) is 0 Å². The molecule has 1 amide bonds. The first kappa shape index (κ1) is 25.4. The molecule has 1 fully saturated rings. The Kier molecular flexibility index (Phi) is 14.2. The van der Waals surface area contributed by atoms with Crippen LogP contribution in [0.2, 0.25) is 0 Å². The van der Waals surface area contributed by atoms with Gasteiger partial charge in [0.05, 0.1) is 6.10 Å². The van der Waals surface area contributed by atoms with Crippen molar-refractivity contribution in [1.29, 1.82) is 0 Å². The fourth-order valence-electron chi connectivity index (χ4n) is 3.26. The minimum absolute atomic E-state index is 0. The number of guanidine groups is 1. The summed E-state index contributed by atoms with van der Waals surface area (Å²) < 4.78 is 5.81. The fraction of sp³-hybridized carbons (Fsp3) is 0.895. The van der Waals surface area contributed by atoms with Gasteiger partial charge in [0.1, 0.15) is 0 Å². The second-order valence-electron chi connectivity index (χ2n) is 7.07. The molecule has 0 spiro atoms. The number of carbonyl (C=O) groups excluding carboxylic acids is 1. The van der Waals surface area contributed by atoms with E-state index in [0.717, 1.165) is 58.0 Å². The predicted molar refractivity (Wildman–Crippen MR) is 119 cm³/mol. The Morgan fingerprint density at radius 1 is 1.27 bits per heavy atom. The Bertz CT molecular complexity index is 410. The molecule has 7 heteroatoms. The van der Waals surface area contributed by atoms with Crippen molar-refractivity contribution in [3.05, 3.63) is 0 Å². The molecule has 1 aliphatic rings. The molecule has 154 valence electrons. The third-order valence-electron chi connectivity index (χ3n) is 4.80. The SMILES string of the molecule is CCNC(=NCCC(OCC)C(C)C)N1CCC(CC(=O)NC)CC1.I. The van der Waals surface area contributed by atoms with Gasteiger partial charge in [0, 0.05) is 46.3 Å². The molecule has 1 rings (SSSR count). The lowest BCUT2D eigenvalue weighted by molar-refractivity contribution is -0.121. The normalized spacial score (nSPS) is 17.0. The highest BCUT2D eigenvalue weighted by atomic mass is 127. The Morgan fingerprint density at radius 2 is 1.92 bits per heavy atom. The average Bonchev–Trinajstić information content (AvgIpc) is 2.60. The fourth-order valence-corrected chi connectivity index (χ4v) is 3.26. The van der Waals surface area contributed by atoms with Crippen LogP contribution >= 0.6 is 24.0 Å². The maximum absolute atomic E-state index is 11.5. The molecule has 2 N–H and O–H groups in total. The third-order valence-corrected chi connectivity index (χ3v) is 4.80. The molecule has 1 atom stereocenters. The Balaban J connectivity index is 0.00000625. The molecule has 0 aromatic heterocycles. The summed E-state index contributed by atoms with van der Waals surface area (Å²) in [4.78, 5) is 18.7. The largest absolute Gasteiger partial charge is 0.378 e. The minimum Gasteiger partial charge on any atom is -0.378 e. The van der Waals surface area contributed by atoms with Crippen molar-refractivity contribution < 1.29 is 9.53 Å². The monoisotopic (exact) mass is 482 g/mol. The zero-order valence-electron chi connectivity index (χ0n) is 17.2. The van der Waals surface area contributed by atoms with Gasteiger partial charge in [-0.1, -0.05) is 13.8 Å². The smallest absolute Gasteiger partial charge is 0.220 e. The molecular formula is C19H39IN4O2. The first-order valence-electron chi connectivity index (χ1n) is 9.87. The quantitative estimate of drug-likeness (QED) is 0.302. The lowest BCUT2D eigenvalue weighted by Crippen LogP contribution is -2.46. The summed E-state index contributed by atoms with van der Waals surface area (Å²) in [5, 5.41) is 6.13. The lowest BCUT2D eigenvalue weighted by Gasteiger charge is -2.34. The van der Waals surface area contributed by atoms with Crippen molar-refractivity contribution in [1.82, 2.24) is 15.5 Å². The maximum atomic E-state index is 11.5. The van der Waals surface area contributed by atoms with Gasteiger partial charge in [-0.05, 0) is 44.9 Å². The number of carbonyl (C=O) groups is 1. The van der Waals surface area contributed by atoms with Crippen molar-refractivity contribution in [2.24, 2.45) is 16.8 Å². The number of nitrogens with zero attached hydrogens (tertiary/aromatic N) is 2. The van der Waals surface area contributed by atoms with E-state index in [-0.39, 0.29) is 36.0 Å². The summed E-state index contributed by atoms with van der Waals surface area (Å²) in [6.07, 6.45) is 3.96. The van der Waals surface area contributed by atoms with Gasteiger partial charge in [0.2, 0.25) is 5.91 Å². The van der Waals surface area contributed by atoms with Crippen LogP contribution in [0.5, 0.6) is 0 Å². The van der Waals surface area contributed by atoms with Crippen molar-refractivity contribution >= 4 is 35.8 Å². The Morgan fingerprint density at radius 3 is 2.42 bits per heavy atom. The second-order valence-corrected chi connectivity index (χ2v) is 7.07. The molecule has 0 bridgehead atoms. The van der Waals surface area contributed by atoms with Crippen LogP contribution in [0, 0.1) is 11.8 Å². The Hall–Kier alpha value is -0.570. The van der Waals surface area contributed by atoms with E-state index < -0.39 is 0 Å². The molecule has 1 heterocycles. The van der Waals surface area contributed by atoms with Gasteiger partial charge in [-0.2, -0.15) is 0 Å². The first-order chi connectivity index (χ1) is 12.0. The van der Waals surface area contributed by atoms with E-state index in [1.807, 2.05) is 6.92 Å². The van der Waals surface area contributed by atoms with Crippen LogP contribution in [0.15, 0.2) is 4.99 Å². The van der Waals surface area contributed by atoms with Crippen LogP contribution in [0.1, 0.15) is 53.4 Å². The van der Waals surface area contributed by atoms with E-state index in [9.17, 15) is 4.79 Å². The summed E-state index contributed by atoms with van der Waals surface area (Å²) in [5.41, 5.74) is 0. The molecule has 0 aromatic carbocycles. The van der Waals surface area contributed by atoms with Crippen LogP contribution < -0.4 is 10.6 Å². The molecule has 0 saturated carbocycles. The minimum atomic E-state index is 0. The molecule has 0 aliphatic carbocycles. The van der Waals surface area contributed by atoms with Crippen LogP contribution in [0.4, 0.5) is 0 Å². The highest BCUT2D eigenvalue weighted by Gasteiger charge is 2.23. The number of rotatable bonds is 9. The summed E-state index contributed by atoms with van der Waals surface area (Å²) in [5.74, 6) is 2.15. The van der Waals surface area contributed by atoms with Gasteiger partial charge in [-0.3, -0.25) is 9.79 Å². The van der Waals surface area contributed by atoms with E-state index >= 15 is 0 Å². The number of piperidine rings is 1.